The largest absolute Gasteiger partial charge is 0.493 e. The number of carbonyl (C=O) groups is 3. The van der Waals surface area contributed by atoms with Crippen molar-refractivity contribution in [3.63, 3.8) is 0 Å². The topological polar surface area (TPSA) is 100 Å². The first-order valence-corrected chi connectivity index (χ1v) is 9.98. The lowest BCUT2D eigenvalue weighted by Gasteiger charge is -2.18. The van der Waals surface area contributed by atoms with E-state index in [1.807, 2.05) is 20.8 Å². The van der Waals surface area contributed by atoms with Gasteiger partial charge in [0, 0.05) is 16.7 Å². The van der Waals surface area contributed by atoms with Gasteiger partial charge < -0.3 is 24.3 Å². The Morgan fingerprint density at radius 1 is 0.844 bits per heavy atom. The fourth-order valence-electron chi connectivity index (χ4n) is 2.75. The normalized spacial score (nSPS) is 11.8. The van der Waals surface area contributed by atoms with Crippen molar-refractivity contribution in [1.29, 1.82) is 0 Å². The number of hydrogen-bond donors (Lipinski definition) is 1. The summed E-state index contributed by atoms with van der Waals surface area (Å²) in [5, 5.41) is 2.79. The number of Topliss-reactive ketones (excluding diaryl/α,β-unsaturated/α-hetero) is 1. The van der Waals surface area contributed by atoms with Gasteiger partial charge in [0.15, 0.2) is 17.6 Å². The molecule has 1 N–H and O–H groups in total. The minimum absolute atomic E-state index is 0.135. The lowest BCUT2D eigenvalue weighted by molar-refractivity contribution is -0.123. The number of amides is 1. The standard InChI is InChI=1S/C24H29NO7/c1-14(20(26)15-8-10-17(11-9-15)25-23(28)24(2,3)4)32-22(27)16-12-18(29-5)21(31-7)19(13-16)30-6/h8-14H,1-7H3,(H,25,28). The lowest BCUT2D eigenvalue weighted by atomic mass is 9.95. The van der Waals surface area contributed by atoms with Crippen molar-refractivity contribution in [3.8, 4) is 17.2 Å². The van der Waals surface area contributed by atoms with E-state index in [0.29, 0.717) is 28.5 Å². The molecule has 0 saturated heterocycles. The van der Waals surface area contributed by atoms with Crippen LogP contribution < -0.4 is 19.5 Å². The quantitative estimate of drug-likeness (QED) is 0.484. The van der Waals surface area contributed by atoms with Gasteiger partial charge in [-0.15, -0.1) is 0 Å². The minimum Gasteiger partial charge on any atom is -0.493 e. The number of benzene rings is 2. The number of esters is 1. The molecule has 0 fully saturated rings. The molecule has 0 aliphatic rings. The molecule has 2 aromatic carbocycles. The van der Waals surface area contributed by atoms with Gasteiger partial charge in [0.05, 0.1) is 26.9 Å². The summed E-state index contributed by atoms with van der Waals surface area (Å²) in [4.78, 5) is 37.4. The van der Waals surface area contributed by atoms with Crippen LogP contribution in [0, 0.1) is 5.41 Å². The van der Waals surface area contributed by atoms with Gasteiger partial charge in [-0.1, -0.05) is 20.8 Å². The third-order valence-electron chi connectivity index (χ3n) is 4.66. The second kappa shape index (κ2) is 10.2. The Morgan fingerprint density at radius 3 is 1.81 bits per heavy atom. The van der Waals surface area contributed by atoms with E-state index in [0.717, 1.165) is 0 Å². The predicted octanol–water partition coefficient (Wildman–Crippen LogP) is 4.13. The maximum atomic E-state index is 12.7. The van der Waals surface area contributed by atoms with E-state index in [1.54, 1.807) is 24.3 Å². The smallest absolute Gasteiger partial charge is 0.339 e. The van der Waals surface area contributed by atoms with Gasteiger partial charge in [0.1, 0.15) is 0 Å². The zero-order chi connectivity index (χ0) is 24.1. The number of nitrogens with one attached hydrogen (secondary N) is 1. The molecule has 8 heteroatoms. The van der Waals surface area contributed by atoms with Crippen LogP contribution in [0.5, 0.6) is 17.2 Å². The minimum atomic E-state index is -1.03. The first-order chi connectivity index (χ1) is 15.0. The van der Waals surface area contributed by atoms with E-state index in [9.17, 15) is 14.4 Å². The first-order valence-electron chi connectivity index (χ1n) is 9.98. The zero-order valence-electron chi connectivity index (χ0n) is 19.4. The summed E-state index contributed by atoms with van der Waals surface area (Å²) >= 11 is 0. The first kappa shape index (κ1) is 24.7. The Kier molecular flexibility index (Phi) is 7.86. The Labute approximate surface area is 187 Å². The summed E-state index contributed by atoms with van der Waals surface area (Å²) in [5.41, 5.74) is 0.538. The van der Waals surface area contributed by atoms with Gasteiger partial charge >= 0.3 is 5.97 Å². The molecular weight excluding hydrogens is 414 g/mol. The molecule has 0 bridgehead atoms. The van der Waals surface area contributed by atoms with E-state index < -0.39 is 17.5 Å². The van der Waals surface area contributed by atoms with Crippen molar-refractivity contribution in [1.82, 2.24) is 0 Å². The van der Waals surface area contributed by atoms with Gasteiger partial charge in [0.2, 0.25) is 17.4 Å². The maximum Gasteiger partial charge on any atom is 0.339 e. The molecular formula is C24H29NO7. The van der Waals surface area contributed by atoms with Crippen LogP contribution in [0.3, 0.4) is 0 Å². The molecule has 1 atom stereocenters. The summed E-state index contributed by atoms with van der Waals surface area (Å²) in [5.74, 6) is -0.284. The van der Waals surface area contributed by atoms with Crippen molar-refractivity contribution in [2.45, 2.75) is 33.8 Å². The summed E-state index contributed by atoms with van der Waals surface area (Å²) in [6, 6.07) is 9.31. The van der Waals surface area contributed by atoms with Gasteiger partial charge in [-0.3, -0.25) is 9.59 Å². The zero-order valence-corrected chi connectivity index (χ0v) is 19.4. The Hall–Kier alpha value is -3.55. The Morgan fingerprint density at radius 2 is 1.38 bits per heavy atom. The highest BCUT2D eigenvalue weighted by molar-refractivity contribution is 6.02. The predicted molar refractivity (Wildman–Crippen MR) is 120 cm³/mol. The average molecular weight is 443 g/mol. The number of ketones is 1. The number of methoxy groups -OCH3 is 3. The molecule has 0 saturated carbocycles. The Balaban J connectivity index is 2.12. The van der Waals surface area contributed by atoms with Crippen molar-refractivity contribution in [2.75, 3.05) is 26.6 Å². The highest BCUT2D eigenvalue weighted by Gasteiger charge is 2.24. The molecule has 0 radical (unpaired) electrons. The van der Waals surface area contributed by atoms with Crippen LogP contribution in [-0.4, -0.2) is 45.1 Å². The molecule has 0 spiro atoms. The van der Waals surface area contributed by atoms with Crippen LogP contribution >= 0.6 is 0 Å². The monoisotopic (exact) mass is 443 g/mol. The van der Waals surface area contributed by atoms with Gasteiger partial charge in [-0.2, -0.15) is 0 Å². The fourth-order valence-corrected chi connectivity index (χ4v) is 2.75. The molecule has 0 aliphatic carbocycles. The van der Waals surface area contributed by atoms with Crippen LogP contribution in [-0.2, 0) is 9.53 Å². The third kappa shape index (κ3) is 5.78. The molecule has 32 heavy (non-hydrogen) atoms. The molecule has 2 aromatic rings. The SMILES string of the molecule is COc1cc(C(=O)OC(C)C(=O)c2ccc(NC(=O)C(C)(C)C)cc2)cc(OC)c1OC. The van der Waals surface area contributed by atoms with Crippen LogP contribution in [0.1, 0.15) is 48.4 Å². The third-order valence-corrected chi connectivity index (χ3v) is 4.66. The highest BCUT2D eigenvalue weighted by atomic mass is 16.5. The molecule has 0 aromatic heterocycles. The fraction of sp³-hybridized carbons (Fsp3) is 0.375. The van der Waals surface area contributed by atoms with E-state index in [1.165, 1.54) is 40.4 Å². The Bertz CT molecular complexity index is 965. The summed E-state index contributed by atoms with van der Waals surface area (Å²) in [6.45, 7) is 6.92. The molecule has 0 aliphatic heterocycles. The molecule has 2 rings (SSSR count). The van der Waals surface area contributed by atoms with Crippen LogP contribution in [0.15, 0.2) is 36.4 Å². The van der Waals surface area contributed by atoms with Crippen molar-refractivity contribution in [3.05, 3.63) is 47.5 Å². The number of rotatable bonds is 8. The summed E-state index contributed by atoms with van der Waals surface area (Å²) < 4.78 is 21.1. The number of anilines is 1. The van der Waals surface area contributed by atoms with E-state index in [2.05, 4.69) is 5.32 Å². The number of ether oxygens (including phenoxy) is 4. The summed E-state index contributed by atoms with van der Waals surface area (Å²) in [7, 11) is 4.33. The molecule has 0 heterocycles. The van der Waals surface area contributed by atoms with E-state index >= 15 is 0 Å². The maximum absolute atomic E-state index is 12.7. The van der Waals surface area contributed by atoms with Crippen LogP contribution in [0.25, 0.3) is 0 Å². The number of carbonyl (C=O) groups excluding carboxylic acids is 3. The second-order valence-corrected chi connectivity index (χ2v) is 8.11. The van der Waals surface area contributed by atoms with Gasteiger partial charge in [-0.05, 0) is 43.3 Å². The van der Waals surface area contributed by atoms with Crippen LogP contribution in [0.4, 0.5) is 5.69 Å². The van der Waals surface area contributed by atoms with E-state index in [-0.39, 0.29) is 17.3 Å². The van der Waals surface area contributed by atoms with E-state index in [4.69, 9.17) is 18.9 Å². The molecule has 172 valence electrons. The highest BCUT2D eigenvalue weighted by Crippen LogP contribution is 2.38. The molecule has 1 amide bonds. The van der Waals surface area contributed by atoms with Crippen molar-refractivity contribution >= 4 is 23.3 Å². The van der Waals surface area contributed by atoms with Crippen molar-refractivity contribution < 1.29 is 33.3 Å². The lowest BCUT2D eigenvalue weighted by Crippen LogP contribution is -2.27. The van der Waals surface area contributed by atoms with Gasteiger partial charge in [-0.25, -0.2) is 4.79 Å². The second-order valence-electron chi connectivity index (χ2n) is 8.11. The summed E-state index contributed by atoms with van der Waals surface area (Å²) in [6.07, 6.45) is -1.03. The van der Waals surface area contributed by atoms with Crippen molar-refractivity contribution in [2.24, 2.45) is 5.41 Å². The number of hydrogen-bond acceptors (Lipinski definition) is 7. The average Bonchev–Trinajstić information content (AvgIpc) is 2.77. The molecule has 8 nitrogen and oxygen atoms in total. The van der Waals surface area contributed by atoms with Gasteiger partial charge in [0.25, 0.3) is 0 Å². The molecule has 1 unspecified atom stereocenters. The van der Waals surface area contributed by atoms with Crippen LogP contribution in [0.2, 0.25) is 0 Å².